The summed E-state index contributed by atoms with van der Waals surface area (Å²) in [5.41, 5.74) is 2.21. The van der Waals surface area contributed by atoms with Gasteiger partial charge in [-0.25, -0.2) is 0 Å². The second-order valence-electron chi connectivity index (χ2n) is 3.86. The molecule has 1 fully saturated rings. The van der Waals surface area contributed by atoms with Crippen LogP contribution in [0.3, 0.4) is 0 Å². The van der Waals surface area contributed by atoms with Crippen molar-refractivity contribution < 1.29 is 9.94 Å². The zero-order chi connectivity index (χ0) is 10.8. The first-order valence-corrected chi connectivity index (χ1v) is 5.34. The van der Waals surface area contributed by atoms with Crippen LogP contribution in [0.1, 0.15) is 11.1 Å². The van der Waals surface area contributed by atoms with Gasteiger partial charge < -0.3 is 5.11 Å². The molecule has 0 aliphatic carbocycles. The van der Waals surface area contributed by atoms with Gasteiger partial charge in [0.25, 0.3) is 0 Å². The van der Waals surface area contributed by atoms with E-state index in [1.807, 2.05) is 25.1 Å². The summed E-state index contributed by atoms with van der Waals surface area (Å²) in [6, 6.07) is 5.90. The van der Waals surface area contributed by atoms with Gasteiger partial charge in [0.2, 0.25) is 0 Å². The number of hydrogen-bond acceptors (Lipinski definition) is 3. The standard InChI is InChI=1S/C11H14ClNO2/c1-8-4-9(2-3-11(8)12)5-13-6-10(14)7-15-13/h2-4,10,14H,5-7H2,1H3. The van der Waals surface area contributed by atoms with Crippen molar-refractivity contribution in [1.82, 2.24) is 5.06 Å². The third-order valence-corrected chi connectivity index (χ3v) is 2.87. The molecule has 4 heteroatoms. The second kappa shape index (κ2) is 4.49. The lowest BCUT2D eigenvalue weighted by molar-refractivity contribution is -0.117. The maximum absolute atomic E-state index is 9.29. The fourth-order valence-corrected chi connectivity index (χ4v) is 1.77. The number of β-amino-alcohol motifs (C(OH)–C–C–N with tert-alkyl or cyclic N) is 1. The number of hydrogen-bond donors (Lipinski definition) is 1. The molecule has 0 radical (unpaired) electrons. The van der Waals surface area contributed by atoms with E-state index in [0.717, 1.165) is 16.1 Å². The van der Waals surface area contributed by atoms with Crippen LogP contribution >= 0.6 is 11.6 Å². The Morgan fingerprint density at radius 2 is 2.40 bits per heavy atom. The zero-order valence-electron chi connectivity index (χ0n) is 8.61. The molecule has 0 spiro atoms. The molecule has 0 bridgehead atoms. The van der Waals surface area contributed by atoms with Gasteiger partial charge in [-0.2, -0.15) is 5.06 Å². The van der Waals surface area contributed by atoms with Gasteiger partial charge in [-0.3, -0.25) is 4.84 Å². The Balaban J connectivity index is 2.02. The molecule has 15 heavy (non-hydrogen) atoms. The monoisotopic (exact) mass is 227 g/mol. The van der Waals surface area contributed by atoms with Crippen LogP contribution in [0.5, 0.6) is 0 Å². The van der Waals surface area contributed by atoms with Crippen LogP contribution in [-0.2, 0) is 11.4 Å². The van der Waals surface area contributed by atoms with Gasteiger partial charge in [0, 0.05) is 11.6 Å². The minimum atomic E-state index is -0.363. The third kappa shape index (κ3) is 2.69. The lowest BCUT2D eigenvalue weighted by atomic mass is 10.1. The maximum Gasteiger partial charge on any atom is 0.0958 e. The van der Waals surface area contributed by atoms with E-state index in [4.69, 9.17) is 16.4 Å². The number of nitrogens with zero attached hydrogens (tertiary/aromatic N) is 1. The first-order valence-electron chi connectivity index (χ1n) is 4.96. The van der Waals surface area contributed by atoms with E-state index in [-0.39, 0.29) is 6.10 Å². The number of aliphatic hydroxyl groups excluding tert-OH is 1. The summed E-state index contributed by atoms with van der Waals surface area (Å²) in [4.78, 5) is 5.29. The fourth-order valence-electron chi connectivity index (χ4n) is 1.65. The predicted molar refractivity (Wildman–Crippen MR) is 58.6 cm³/mol. The quantitative estimate of drug-likeness (QED) is 0.836. The average molecular weight is 228 g/mol. The highest BCUT2D eigenvalue weighted by molar-refractivity contribution is 6.31. The highest BCUT2D eigenvalue weighted by Crippen LogP contribution is 2.18. The molecular weight excluding hydrogens is 214 g/mol. The van der Waals surface area contributed by atoms with Gasteiger partial charge in [0.05, 0.1) is 19.3 Å². The van der Waals surface area contributed by atoms with E-state index >= 15 is 0 Å². The van der Waals surface area contributed by atoms with Crippen molar-refractivity contribution in [3.63, 3.8) is 0 Å². The molecular formula is C11H14ClNO2. The maximum atomic E-state index is 9.29. The summed E-state index contributed by atoms with van der Waals surface area (Å²) in [5.74, 6) is 0. The number of rotatable bonds is 2. The van der Waals surface area contributed by atoms with E-state index in [1.165, 1.54) is 0 Å². The van der Waals surface area contributed by atoms with Crippen LogP contribution in [-0.4, -0.2) is 29.4 Å². The van der Waals surface area contributed by atoms with Crippen molar-refractivity contribution in [3.8, 4) is 0 Å². The largest absolute Gasteiger partial charge is 0.389 e. The molecule has 2 rings (SSSR count). The number of halogens is 1. The molecule has 0 saturated carbocycles. The number of hydroxylamine groups is 2. The molecule has 1 heterocycles. The van der Waals surface area contributed by atoms with Gasteiger partial charge >= 0.3 is 0 Å². The van der Waals surface area contributed by atoms with E-state index in [9.17, 15) is 5.11 Å². The van der Waals surface area contributed by atoms with Crippen LogP contribution in [0.2, 0.25) is 5.02 Å². The molecule has 1 aromatic carbocycles. The van der Waals surface area contributed by atoms with Crippen molar-refractivity contribution in [1.29, 1.82) is 0 Å². The SMILES string of the molecule is Cc1cc(CN2CC(O)CO2)ccc1Cl. The van der Waals surface area contributed by atoms with Crippen LogP contribution in [0.4, 0.5) is 0 Å². The highest BCUT2D eigenvalue weighted by atomic mass is 35.5. The lowest BCUT2D eigenvalue weighted by Gasteiger charge is -2.13. The molecule has 1 atom stereocenters. The number of benzene rings is 1. The number of aliphatic hydroxyl groups is 1. The summed E-state index contributed by atoms with van der Waals surface area (Å²) in [5, 5.41) is 11.8. The molecule has 1 aliphatic heterocycles. The third-order valence-electron chi connectivity index (χ3n) is 2.45. The smallest absolute Gasteiger partial charge is 0.0958 e. The van der Waals surface area contributed by atoms with Crippen molar-refractivity contribution in [2.75, 3.05) is 13.2 Å². The zero-order valence-corrected chi connectivity index (χ0v) is 9.37. The van der Waals surface area contributed by atoms with Crippen molar-refractivity contribution in [2.45, 2.75) is 19.6 Å². The Hall–Kier alpha value is -0.610. The van der Waals surface area contributed by atoms with E-state index in [0.29, 0.717) is 19.7 Å². The summed E-state index contributed by atoms with van der Waals surface area (Å²) >= 11 is 5.94. The molecule has 1 N–H and O–H groups in total. The Labute approximate surface area is 94.2 Å². The summed E-state index contributed by atoms with van der Waals surface area (Å²) in [7, 11) is 0. The molecule has 1 saturated heterocycles. The van der Waals surface area contributed by atoms with E-state index in [2.05, 4.69) is 0 Å². The molecule has 82 valence electrons. The topological polar surface area (TPSA) is 32.7 Å². The molecule has 0 amide bonds. The lowest BCUT2D eigenvalue weighted by Crippen LogP contribution is -2.20. The number of aryl methyl sites for hydroxylation is 1. The highest BCUT2D eigenvalue weighted by Gasteiger charge is 2.21. The van der Waals surface area contributed by atoms with Gasteiger partial charge in [0.15, 0.2) is 0 Å². The summed E-state index contributed by atoms with van der Waals surface area (Å²) in [6.45, 7) is 3.63. The second-order valence-corrected chi connectivity index (χ2v) is 4.26. The van der Waals surface area contributed by atoms with Crippen LogP contribution in [0.15, 0.2) is 18.2 Å². The molecule has 3 nitrogen and oxygen atoms in total. The van der Waals surface area contributed by atoms with Gasteiger partial charge in [-0.05, 0) is 24.1 Å². The Morgan fingerprint density at radius 3 is 3.00 bits per heavy atom. The van der Waals surface area contributed by atoms with Crippen molar-refractivity contribution in [3.05, 3.63) is 34.3 Å². The minimum absolute atomic E-state index is 0.363. The van der Waals surface area contributed by atoms with Crippen LogP contribution in [0, 0.1) is 6.92 Å². The predicted octanol–water partition coefficient (Wildman–Crippen LogP) is 1.76. The normalized spacial score (nSPS) is 22.2. The van der Waals surface area contributed by atoms with Gasteiger partial charge in [-0.15, -0.1) is 0 Å². The van der Waals surface area contributed by atoms with Crippen molar-refractivity contribution in [2.24, 2.45) is 0 Å². The van der Waals surface area contributed by atoms with Crippen LogP contribution < -0.4 is 0 Å². The van der Waals surface area contributed by atoms with Crippen molar-refractivity contribution >= 4 is 11.6 Å². The van der Waals surface area contributed by atoms with Gasteiger partial charge in [0.1, 0.15) is 0 Å². The van der Waals surface area contributed by atoms with Crippen LogP contribution in [0.25, 0.3) is 0 Å². The summed E-state index contributed by atoms with van der Waals surface area (Å²) < 4.78 is 0. The Morgan fingerprint density at radius 1 is 1.60 bits per heavy atom. The molecule has 1 aliphatic rings. The molecule has 1 unspecified atom stereocenters. The summed E-state index contributed by atoms with van der Waals surface area (Å²) in [6.07, 6.45) is -0.363. The van der Waals surface area contributed by atoms with E-state index in [1.54, 1.807) is 5.06 Å². The first-order chi connectivity index (χ1) is 7.15. The molecule has 1 aromatic rings. The average Bonchev–Trinajstić information content (AvgIpc) is 2.58. The first kappa shape index (κ1) is 10.9. The molecule has 0 aromatic heterocycles. The van der Waals surface area contributed by atoms with Gasteiger partial charge in [-0.1, -0.05) is 23.7 Å². The van der Waals surface area contributed by atoms with E-state index < -0.39 is 0 Å². The minimum Gasteiger partial charge on any atom is -0.389 e. The Kier molecular flexibility index (Phi) is 3.26. The fraction of sp³-hybridized carbons (Fsp3) is 0.455. The Bertz CT molecular complexity index is 356.